The lowest BCUT2D eigenvalue weighted by molar-refractivity contribution is -0.137. The van der Waals surface area contributed by atoms with Gasteiger partial charge in [0.25, 0.3) is 0 Å². The highest BCUT2D eigenvalue weighted by Crippen LogP contribution is 2.18. The fraction of sp³-hybridized carbons (Fsp3) is 0.385. The van der Waals surface area contributed by atoms with Crippen molar-refractivity contribution in [2.75, 3.05) is 13.2 Å². The van der Waals surface area contributed by atoms with Gasteiger partial charge in [-0.25, -0.2) is 9.59 Å². The number of hydrogen-bond donors (Lipinski definition) is 0. The summed E-state index contributed by atoms with van der Waals surface area (Å²) in [6, 6.07) is 14.6. The quantitative estimate of drug-likeness (QED) is 0.163. The van der Waals surface area contributed by atoms with Crippen molar-refractivity contribution in [2.45, 2.75) is 51.9 Å². The van der Waals surface area contributed by atoms with Crippen LogP contribution < -0.4 is 9.47 Å². The van der Waals surface area contributed by atoms with Gasteiger partial charge in [-0.3, -0.25) is 0 Å². The first-order chi connectivity index (χ1) is 15.1. The summed E-state index contributed by atoms with van der Waals surface area (Å²) < 4.78 is 16.1. The molecule has 31 heavy (non-hydrogen) atoms. The zero-order valence-corrected chi connectivity index (χ0v) is 18.3. The van der Waals surface area contributed by atoms with Crippen molar-refractivity contribution in [1.29, 1.82) is 0 Å². The van der Waals surface area contributed by atoms with Crippen molar-refractivity contribution in [2.24, 2.45) is 0 Å². The molecule has 2 aromatic carbocycles. The van der Waals surface area contributed by atoms with Gasteiger partial charge in [0.1, 0.15) is 11.5 Å². The van der Waals surface area contributed by atoms with E-state index in [0.717, 1.165) is 31.8 Å². The second-order valence-corrected chi connectivity index (χ2v) is 7.30. The minimum Gasteiger partial charge on any atom is -0.494 e. The second-order valence-electron chi connectivity index (χ2n) is 7.30. The van der Waals surface area contributed by atoms with Crippen molar-refractivity contribution in [3.8, 4) is 11.5 Å². The summed E-state index contributed by atoms with van der Waals surface area (Å²) in [5.74, 6) is 0.461. The van der Waals surface area contributed by atoms with Gasteiger partial charge in [0, 0.05) is 6.08 Å². The van der Waals surface area contributed by atoms with E-state index < -0.39 is 5.97 Å². The van der Waals surface area contributed by atoms with Crippen LogP contribution in [0.1, 0.15) is 61.4 Å². The summed E-state index contributed by atoms with van der Waals surface area (Å²) in [6.45, 7) is 6.49. The van der Waals surface area contributed by atoms with Crippen LogP contribution in [0.25, 0.3) is 0 Å². The van der Waals surface area contributed by atoms with Crippen LogP contribution in [0, 0.1) is 0 Å². The lowest BCUT2D eigenvalue weighted by Gasteiger charge is -2.08. The minimum absolute atomic E-state index is 0.389. The van der Waals surface area contributed by atoms with E-state index in [0.29, 0.717) is 30.3 Å². The SMILES string of the molecule is C=CC(=O)OCCCCCOc1ccc(C(=O)Oc2ccc(CCCCC)cc2)cc1. The van der Waals surface area contributed by atoms with Crippen molar-refractivity contribution >= 4 is 11.9 Å². The molecule has 5 nitrogen and oxygen atoms in total. The lowest BCUT2D eigenvalue weighted by atomic mass is 10.1. The van der Waals surface area contributed by atoms with E-state index in [1.165, 1.54) is 24.8 Å². The number of carbonyl (C=O) groups excluding carboxylic acids is 2. The van der Waals surface area contributed by atoms with E-state index in [9.17, 15) is 9.59 Å². The first-order valence-electron chi connectivity index (χ1n) is 11.0. The molecular formula is C26H32O5. The van der Waals surface area contributed by atoms with E-state index in [4.69, 9.17) is 14.2 Å². The number of hydrogen-bond acceptors (Lipinski definition) is 5. The van der Waals surface area contributed by atoms with Gasteiger partial charge in [-0.05, 0) is 74.1 Å². The van der Waals surface area contributed by atoms with Crippen molar-refractivity contribution in [3.05, 3.63) is 72.3 Å². The molecule has 0 N–H and O–H groups in total. The Morgan fingerprint density at radius 3 is 2.19 bits per heavy atom. The van der Waals surface area contributed by atoms with E-state index in [2.05, 4.69) is 13.5 Å². The van der Waals surface area contributed by atoms with Crippen LogP contribution in [0.15, 0.2) is 61.2 Å². The number of rotatable bonds is 14. The van der Waals surface area contributed by atoms with Gasteiger partial charge in [-0.2, -0.15) is 0 Å². The van der Waals surface area contributed by atoms with Crippen LogP contribution in [-0.4, -0.2) is 25.2 Å². The summed E-state index contributed by atoms with van der Waals surface area (Å²) in [4.78, 5) is 23.3. The van der Waals surface area contributed by atoms with Gasteiger partial charge in [-0.1, -0.05) is 38.5 Å². The van der Waals surface area contributed by atoms with E-state index in [1.807, 2.05) is 24.3 Å². The molecule has 5 heteroatoms. The Bertz CT molecular complexity index is 809. The zero-order valence-electron chi connectivity index (χ0n) is 18.3. The largest absolute Gasteiger partial charge is 0.494 e. The highest BCUT2D eigenvalue weighted by Gasteiger charge is 2.09. The molecule has 0 atom stereocenters. The van der Waals surface area contributed by atoms with Crippen LogP contribution in [0.5, 0.6) is 11.5 Å². The predicted molar refractivity (Wildman–Crippen MR) is 122 cm³/mol. The van der Waals surface area contributed by atoms with E-state index in [1.54, 1.807) is 24.3 Å². The molecule has 0 fully saturated rings. The van der Waals surface area contributed by atoms with Crippen molar-refractivity contribution < 1.29 is 23.8 Å². The summed E-state index contributed by atoms with van der Waals surface area (Å²) in [7, 11) is 0. The third kappa shape index (κ3) is 9.51. The third-order valence-electron chi connectivity index (χ3n) is 4.76. The molecular weight excluding hydrogens is 392 g/mol. The van der Waals surface area contributed by atoms with Crippen LogP contribution in [0.2, 0.25) is 0 Å². The van der Waals surface area contributed by atoms with E-state index in [-0.39, 0.29) is 5.97 Å². The molecule has 0 radical (unpaired) electrons. The minimum atomic E-state index is -0.394. The van der Waals surface area contributed by atoms with Crippen LogP contribution in [-0.2, 0) is 16.0 Å². The lowest BCUT2D eigenvalue weighted by Crippen LogP contribution is -2.08. The summed E-state index contributed by atoms with van der Waals surface area (Å²) in [6.07, 6.45) is 8.34. The maximum atomic E-state index is 12.3. The average Bonchev–Trinajstić information content (AvgIpc) is 2.80. The van der Waals surface area contributed by atoms with Gasteiger partial charge >= 0.3 is 11.9 Å². The molecule has 2 aromatic rings. The molecule has 2 rings (SSSR count). The number of ether oxygens (including phenoxy) is 3. The molecule has 0 aliphatic rings. The third-order valence-corrected chi connectivity index (χ3v) is 4.76. The highest BCUT2D eigenvalue weighted by atomic mass is 16.5. The fourth-order valence-corrected chi connectivity index (χ4v) is 2.96. The average molecular weight is 425 g/mol. The monoisotopic (exact) mass is 424 g/mol. The Labute approximate surface area is 185 Å². The van der Waals surface area contributed by atoms with Crippen LogP contribution in [0.3, 0.4) is 0 Å². The van der Waals surface area contributed by atoms with Crippen molar-refractivity contribution in [3.63, 3.8) is 0 Å². The first kappa shape index (κ1) is 24.2. The van der Waals surface area contributed by atoms with Crippen molar-refractivity contribution in [1.82, 2.24) is 0 Å². The molecule has 0 heterocycles. The molecule has 0 aliphatic heterocycles. The molecule has 0 saturated heterocycles. The molecule has 0 amide bonds. The van der Waals surface area contributed by atoms with E-state index >= 15 is 0 Å². The second kappa shape index (κ2) is 14.0. The normalized spacial score (nSPS) is 10.4. The van der Waals surface area contributed by atoms with Gasteiger partial charge in [0.15, 0.2) is 0 Å². The van der Waals surface area contributed by atoms with Gasteiger partial charge in [-0.15, -0.1) is 0 Å². The molecule has 0 bridgehead atoms. The molecule has 0 unspecified atom stereocenters. The smallest absolute Gasteiger partial charge is 0.343 e. The summed E-state index contributed by atoms with van der Waals surface area (Å²) in [5.41, 5.74) is 1.73. The Morgan fingerprint density at radius 2 is 1.52 bits per heavy atom. The summed E-state index contributed by atoms with van der Waals surface area (Å²) >= 11 is 0. The Morgan fingerprint density at radius 1 is 0.839 bits per heavy atom. The predicted octanol–water partition coefficient (Wildman–Crippen LogP) is 5.92. The number of carbonyl (C=O) groups is 2. The Balaban J connectivity index is 1.69. The Hall–Kier alpha value is -3.08. The number of benzene rings is 2. The summed E-state index contributed by atoms with van der Waals surface area (Å²) in [5, 5.41) is 0. The number of unbranched alkanes of at least 4 members (excludes halogenated alkanes) is 4. The number of aryl methyl sites for hydroxylation is 1. The fourth-order valence-electron chi connectivity index (χ4n) is 2.96. The highest BCUT2D eigenvalue weighted by molar-refractivity contribution is 5.91. The maximum absolute atomic E-state index is 12.3. The standard InChI is InChI=1S/C26H32O5/c1-3-5-7-10-21-11-15-24(16-12-21)31-26(28)22-13-17-23(18-14-22)29-19-8-6-9-20-30-25(27)4-2/h4,11-18H,2-3,5-10,19-20H2,1H3. The topological polar surface area (TPSA) is 61.8 Å². The molecule has 0 saturated carbocycles. The molecule has 0 aliphatic carbocycles. The molecule has 0 aromatic heterocycles. The van der Waals surface area contributed by atoms with Crippen LogP contribution in [0.4, 0.5) is 0 Å². The van der Waals surface area contributed by atoms with Crippen LogP contribution >= 0.6 is 0 Å². The van der Waals surface area contributed by atoms with Gasteiger partial charge in [0.2, 0.25) is 0 Å². The first-order valence-corrected chi connectivity index (χ1v) is 11.0. The Kier molecular flexibility index (Phi) is 10.9. The van der Waals surface area contributed by atoms with Gasteiger partial charge < -0.3 is 14.2 Å². The molecule has 0 spiro atoms. The maximum Gasteiger partial charge on any atom is 0.343 e. The zero-order chi connectivity index (χ0) is 22.3. The number of esters is 2. The molecule has 166 valence electrons. The van der Waals surface area contributed by atoms with Gasteiger partial charge in [0.05, 0.1) is 18.8 Å².